The van der Waals surface area contributed by atoms with Gasteiger partial charge in [0, 0.05) is 22.7 Å². The molecule has 0 atom stereocenters. The average Bonchev–Trinajstić information content (AvgIpc) is 2.60. The zero-order chi connectivity index (χ0) is 22.1. The van der Waals surface area contributed by atoms with E-state index in [1.165, 1.54) is 19.1 Å². The second-order valence-corrected chi connectivity index (χ2v) is 6.34. The van der Waals surface area contributed by atoms with Gasteiger partial charge in [-0.3, -0.25) is 25.7 Å². The zero-order valence-corrected chi connectivity index (χ0v) is 15.6. The van der Waals surface area contributed by atoms with Crippen LogP contribution in [0.2, 0.25) is 10.0 Å². The molecule has 2 rings (SSSR count). The Balaban J connectivity index is 2.61. The number of aromatic hydroxyl groups is 1. The standard InChI is InChI=1S/C15H9Cl2F3N4O5/c1-6(9-4-8(16)5-10(17)14(9)25)21-22-13-11(23(26)27)2-7(15(18,19)20)3-12(13)24(28)29/h2-5,22,25H,1H3. The van der Waals surface area contributed by atoms with E-state index in [2.05, 4.69) is 5.10 Å². The molecule has 0 heterocycles. The molecule has 2 aromatic rings. The van der Waals surface area contributed by atoms with Crippen molar-refractivity contribution in [1.82, 2.24) is 0 Å². The lowest BCUT2D eigenvalue weighted by molar-refractivity contribution is -0.392. The maximum Gasteiger partial charge on any atom is 0.416 e. The van der Waals surface area contributed by atoms with Gasteiger partial charge in [-0.2, -0.15) is 18.3 Å². The summed E-state index contributed by atoms with van der Waals surface area (Å²) >= 11 is 11.6. The van der Waals surface area contributed by atoms with Gasteiger partial charge in [0.2, 0.25) is 5.69 Å². The topological polar surface area (TPSA) is 131 Å². The van der Waals surface area contributed by atoms with E-state index in [1.807, 2.05) is 5.43 Å². The van der Waals surface area contributed by atoms with Crippen LogP contribution in [-0.4, -0.2) is 20.7 Å². The van der Waals surface area contributed by atoms with Gasteiger partial charge in [0.25, 0.3) is 0 Å². The molecular formula is C15H9Cl2F3N4O5. The predicted molar refractivity (Wildman–Crippen MR) is 98.7 cm³/mol. The van der Waals surface area contributed by atoms with Gasteiger partial charge in [0.15, 0.2) is 0 Å². The summed E-state index contributed by atoms with van der Waals surface area (Å²) in [6.07, 6.45) is -5.05. The number of phenols is 1. The Hall–Kier alpha value is -3.12. The number of benzene rings is 2. The van der Waals surface area contributed by atoms with E-state index in [0.29, 0.717) is 0 Å². The molecule has 2 N–H and O–H groups in total. The molecule has 0 spiro atoms. The Morgan fingerprint density at radius 1 is 1.10 bits per heavy atom. The number of nitro benzene ring substituents is 2. The minimum Gasteiger partial charge on any atom is -0.506 e. The summed E-state index contributed by atoms with van der Waals surface area (Å²) in [5.41, 5.74) is -2.91. The van der Waals surface area contributed by atoms with Crippen molar-refractivity contribution in [2.24, 2.45) is 5.10 Å². The van der Waals surface area contributed by atoms with Crippen LogP contribution in [0.1, 0.15) is 18.1 Å². The van der Waals surface area contributed by atoms with Crippen LogP contribution >= 0.6 is 23.2 Å². The summed E-state index contributed by atoms with van der Waals surface area (Å²) in [4.78, 5) is 19.9. The summed E-state index contributed by atoms with van der Waals surface area (Å²) in [5.74, 6) is -0.435. The molecular weight excluding hydrogens is 444 g/mol. The van der Waals surface area contributed by atoms with Gasteiger partial charge < -0.3 is 5.11 Å². The normalized spacial score (nSPS) is 12.0. The molecule has 0 saturated carbocycles. The Kier molecular flexibility index (Phi) is 6.18. The van der Waals surface area contributed by atoms with E-state index in [1.54, 1.807) is 0 Å². The van der Waals surface area contributed by atoms with Crippen molar-refractivity contribution in [3.05, 3.63) is 65.7 Å². The van der Waals surface area contributed by atoms with Gasteiger partial charge in [-0.05, 0) is 19.1 Å². The second-order valence-electron chi connectivity index (χ2n) is 5.49. The van der Waals surface area contributed by atoms with Gasteiger partial charge in [-0.15, -0.1) is 0 Å². The zero-order valence-electron chi connectivity index (χ0n) is 14.1. The molecule has 0 radical (unpaired) electrons. The molecule has 29 heavy (non-hydrogen) atoms. The fourth-order valence-corrected chi connectivity index (χ4v) is 2.71. The SMILES string of the molecule is CC(=NNc1c([N+](=O)[O-])cc(C(F)(F)F)cc1[N+](=O)[O-])c1cc(Cl)cc(Cl)c1O. The molecule has 14 heteroatoms. The first-order chi connectivity index (χ1) is 13.3. The molecule has 0 amide bonds. The number of alkyl halides is 3. The first-order valence-electron chi connectivity index (χ1n) is 7.35. The van der Waals surface area contributed by atoms with Gasteiger partial charge >= 0.3 is 17.6 Å². The largest absolute Gasteiger partial charge is 0.506 e. The number of anilines is 1. The highest BCUT2D eigenvalue weighted by Crippen LogP contribution is 2.41. The average molecular weight is 453 g/mol. The summed E-state index contributed by atoms with van der Waals surface area (Å²) in [6.45, 7) is 1.30. The third kappa shape index (κ3) is 4.84. The van der Waals surface area contributed by atoms with E-state index in [4.69, 9.17) is 23.2 Å². The maximum atomic E-state index is 12.9. The third-order valence-corrected chi connectivity index (χ3v) is 4.08. The molecule has 9 nitrogen and oxygen atoms in total. The molecule has 154 valence electrons. The highest BCUT2D eigenvalue weighted by atomic mass is 35.5. The van der Waals surface area contributed by atoms with Crippen LogP contribution in [0.4, 0.5) is 30.2 Å². The highest BCUT2D eigenvalue weighted by Gasteiger charge is 2.37. The van der Waals surface area contributed by atoms with E-state index >= 15 is 0 Å². The lowest BCUT2D eigenvalue weighted by Crippen LogP contribution is -2.10. The van der Waals surface area contributed by atoms with Crippen LogP contribution < -0.4 is 5.43 Å². The number of halogens is 5. The lowest BCUT2D eigenvalue weighted by atomic mass is 10.1. The van der Waals surface area contributed by atoms with Crippen molar-refractivity contribution in [1.29, 1.82) is 0 Å². The molecule has 0 aliphatic heterocycles. The smallest absolute Gasteiger partial charge is 0.416 e. The first kappa shape index (κ1) is 22.2. The fourth-order valence-electron chi connectivity index (χ4n) is 2.22. The number of nitrogens with zero attached hydrogens (tertiary/aromatic N) is 3. The van der Waals surface area contributed by atoms with Gasteiger partial charge in [-0.1, -0.05) is 23.2 Å². The predicted octanol–water partition coefficient (Wildman–Crippen LogP) is 5.37. The number of hydrogen-bond acceptors (Lipinski definition) is 7. The number of hydrazone groups is 1. The van der Waals surface area contributed by atoms with E-state index < -0.39 is 44.4 Å². The van der Waals surface area contributed by atoms with E-state index in [-0.39, 0.29) is 33.5 Å². The van der Waals surface area contributed by atoms with E-state index in [0.717, 1.165) is 0 Å². The number of nitro groups is 2. The number of nitrogens with one attached hydrogen (secondary N) is 1. The van der Waals surface area contributed by atoms with Crippen LogP contribution in [0.25, 0.3) is 0 Å². The van der Waals surface area contributed by atoms with Gasteiger partial charge in [-0.25, -0.2) is 0 Å². The third-order valence-electron chi connectivity index (χ3n) is 3.57. The van der Waals surface area contributed by atoms with Crippen LogP contribution in [0, 0.1) is 20.2 Å². The summed E-state index contributed by atoms with van der Waals surface area (Å²) in [5, 5.41) is 36.0. The van der Waals surface area contributed by atoms with Gasteiger partial charge in [0.05, 0.1) is 26.1 Å². The molecule has 0 aliphatic carbocycles. The Morgan fingerprint density at radius 2 is 1.62 bits per heavy atom. The lowest BCUT2D eigenvalue weighted by Gasteiger charge is -2.11. The van der Waals surface area contributed by atoms with Crippen molar-refractivity contribution >= 4 is 46.0 Å². The minimum absolute atomic E-state index is 0.00721. The van der Waals surface area contributed by atoms with Crippen molar-refractivity contribution in [3.63, 3.8) is 0 Å². The molecule has 0 aliphatic rings. The van der Waals surface area contributed by atoms with Crippen LogP contribution in [0.3, 0.4) is 0 Å². The Bertz CT molecular complexity index is 1010. The maximum absolute atomic E-state index is 12.9. The molecule has 0 aromatic heterocycles. The number of hydrogen-bond donors (Lipinski definition) is 2. The first-order valence-corrected chi connectivity index (χ1v) is 8.11. The van der Waals surface area contributed by atoms with Crippen molar-refractivity contribution in [2.45, 2.75) is 13.1 Å². The van der Waals surface area contributed by atoms with Crippen molar-refractivity contribution in [3.8, 4) is 5.75 Å². The minimum atomic E-state index is -5.05. The van der Waals surface area contributed by atoms with Crippen molar-refractivity contribution in [2.75, 3.05) is 5.43 Å². The second kappa shape index (κ2) is 8.09. The summed E-state index contributed by atoms with van der Waals surface area (Å²) < 4.78 is 38.7. The summed E-state index contributed by atoms with van der Waals surface area (Å²) in [6, 6.07) is 2.77. The van der Waals surface area contributed by atoms with Crippen molar-refractivity contribution < 1.29 is 28.1 Å². The van der Waals surface area contributed by atoms with Gasteiger partial charge in [0.1, 0.15) is 5.75 Å². The Labute approximate surface area is 169 Å². The Morgan fingerprint density at radius 3 is 2.07 bits per heavy atom. The van der Waals surface area contributed by atoms with E-state index in [9.17, 15) is 38.5 Å². The summed E-state index contributed by atoms with van der Waals surface area (Å²) in [7, 11) is 0. The number of rotatable bonds is 5. The fraction of sp³-hybridized carbons (Fsp3) is 0.133. The molecule has 0 bridgehead atoms. The molecule has 2 aromatic carbocycles. The highest BCUT2D eigenvalue weighted by molar-refractivity contribution is 6.36. The molecule has 0 unspecified atom stereocenters. The molecule has 0 saturated heterocycles. The quantitative estimate of drug-likeness (QED) is 0.356. The van der Waals surface area contributed by atoms with Crippen LogP contribution in [0.15, 0.2) is 29.4 Å². The number of phenolic OH excluding ortho intramolecular Hbond substituents is 1. The molecule has 0 fully saturated rings. The monoisotopic (exact) mass is 452 g/mol. The van der Waals surface area contributed by atoms with Crippen LogP contribution in [0.5, 0.6) is 5.75 Å². The van der Waals surface area contributed by atoms with Crippen LogP contribution in [-0.2, 0) is 6.18 Å².